The van der Waals surface area contributed by atoms with Crippen molar-refractivity contribution < 1.29 is 26.3 Å². The molecule has 13 heteroatoms. The normalized spacial score (nSPS) is 11.5. The third-order valence-electron chi connectivity index (χ3n) is 15.7. The maximum Gasteiger partial charge on any atom is 0.417 e. The van der Waals surface area contributed by atoms with Gasteiger partial charge in [0.25, 0.3) is 0 Å². The molecule has 0 fully saturated rings. The molecule has 0 radical (unpaired) electrons. The average Bonchev–Trinajstić information content (AvgIpc) is 1.72. The van der Waals surface area contributed by atoms with Crippen molar-refractivity contribution in [3.05, 3.63) is 281 Å². The monoisotopic (exact) mass is 1130 g/mol. The molecule has 0 aliphatic carbocycles. The number of aromatic nitrogens is 2. The first-order valence-electron chi connectivity index (χ1n) is 26.7. The van der Waals surface area contributed by atoms with Crippen LogP contribution in [0.1, 0.15) is 22.3 Å². The molecule has 0 spiro atoms. The molecular formula is C73H37F6N7. The highest BCUT2D eigenvalue weighted by Crippen LogP contribution is 2.48. The van der Waals surface area contributed by atoms with Crippen LogP contribution in [-0.4, -0.2) is 9.13 Å². The van der Waals surface area contributed by atoms with Crippen molar-refractivity contribution in [2.45, 2.75) is 12.4 Å². The van der Waals surface area contributed by atoms with Gasteiger partial charge in [-0.1, -0.05) is 121 Å². The van der Waals surface area contributed by atoms with Crippen molar-refractivity contribution in [3.63, 3.8) is 0 Å². The summed E-state index contributed by atoms with van der Waals surface area (Å²) in [5.74, 6) is 0. The molecule has 13 rings (SSSR count). The second-order valence-electron chi connectivity index (χ2n) is 20.6. The van der Waals surface area contributed by atoms with Crippen molar-refractivity contribution in [2.75, 3.05) is 0 Å². The Hall–Kier alpha value is -12.0. The van der Waals surface area contributed by atoms with Gasteiger partial charge in [0.1, 0.15) is 0 Å². The molecule has 0 saturated carbocycles. The van der Waals surface area contributed by atoms with Gasteiger partial charge in [-0.15, -0.1) is 0 Å². The van der Waals surface area contributed by atoms with Gasteiger partial charge in [0, 0.05) is 38.4 Å². The van der Waals surface area contributed by atoms with E-state index in [0.29, 0.717) is 73.1 Å². The van der Waals surface area contributed by atoms with E-state index in [4.69, 9.17) is 19.7 Å². The highest BCUT2D eigenvalue weighted by Gasteiger charge is 2.39. The highest BCUT2D eigenvalue weighted by atomic mass is 19.4. The van der Waals surface area contributed by atoms with E-state index in [1.807, 2.05) is 124 Å². The van der Waals surface area contributed by atoms with Crippen molar-refractivity contribution >= 4 is 60.7 Å². The van der Waals surface area contributed by atoms with Gasteiger partial charge in [-0.3, -0.25) is 0 Å². The van der Waals surface area contributed by atoms with Crippen molar-refractivity contribution in [2.24, 2.45) is 0 Å². The number of nitrogens with zero attached hydrogens (tertiary/aromatic N) is 7. The fourth-order valence-corrected chi connectivity index (χ4v) is 11.5. The van der Waals surface area contributed by atoms with Crippen LogP contribution in [0.5, 0.6) is 0 Å². The second-order valence-corrected chi connectivity index (χ2v) is 20.6. The van der Waals surface area contributed by atoms with E-state index in [9.17, 15) is 23.7 Å². The minimum Gasteiger partial charge on any atom is -0.310 e. The Morgan fingerprint density at radius 3 is 1.06 bits per heavy atom. The van der Waals surface area contributed by atoms with Crippen molar-refractivity contribution in [3.8, 4) is 90.3 Å². The van der Waals surface area contributed by atoms with Crippen LogP contribution >= 0.6 is 0 Å². The van der Waals surface area contributed by atoms with Gasteiger partial charge < -0.3 is 9.13 Å². The second kappa shape index (κ2) is 20.8. The molecule has 0 bridgehead atoms. The number of nitriles is 2. The van der Waals surface area contributed by atoms with E-state index < -0.39 is 29.0 Å². The summed E-state index contributed by atoms with van der Waals surface area (Å²) in [7, 11) is 0. The van der Waals surface area contributed by atoms with Gasteiger partial charge >= 0.3 is 12.4 Å². The van der Waals surface area contributed by atoms with Crippen LogP contribution in [0.4, 0.5) is 43.4 Å². The van der Waals surface area contributed by atoms with Crippen LogP contribution in [0.25, 0.3) is 136 Å². The Kier molecular flexibility index (Phi) is 12.9. The van der Waals surface area contributed by atoms with E-state index in [1.165, 1.54) is 6.07 Å². The number of rotatable bonds is 8. The Bertz CT molecular complexity index is 4940. The van der Waals surface area contributed by atoms with Crippen molar-refractivity contribution in [1.29, 1.82) is 10.5 Å². The zero-order valence-electron chi connectivity index (χ0n) is 44.8. The molecule has 2 aromatic heterocycles. The molecule has 86 heavy (non-hydrogen) atoms. The maximum absolute atomic E-state index is 15.3. The van der Waals surface area contributed by atoms with Crippen molar-refractivity contribution in [1.82, 2.24) is 9.13 Å². The predicted molar refractivity (Wildman–Crippen MR) is 326 cm³/mol. The van der Waals surface area contributed by atoms with Gasteiger partial charge in [0.15, 0.2) is 17.1 Å². The number of hydrogen-bond acceptors (Lipinski definition) is 2. The Morgan fingerprint density at radius 2 is 0.674 bits per heavy atom. The largest absolute Gasteiger partial charge is 0.417 e. The quantitative estimate of drug-likeness (QED) is 0.112. The van der Waals surface area contributed by atoms with Gasteiger partial charge in [-0.05, 0) is 159 Å². The molecule has 2 heterocycles. The van der Waals surface area contributed by atoms with Gasteiger partial charge in [-0.25, -0.2) is 14.5 Å². The zero-order valence-corrected chi connectivity index (χ0v) is 44.8. The summed E-state index contributed by atoms with van der Waals surface area (Å²) in [5, 5.41) is 22.4. The fourth-order valence-electron chi connectivity index (χ4n) is 11.5. The third-order valence-corrected chi connectivity index (χ3v) is 15.7. The highest BCUT2D eigenvalue weighted by molar-refractivity contribution is 6.14. The third kappa shape index (κ3) is 9.37. The molecule has 0 amide bonds. The lowest BCUT2D eigenvalue weighted by atomic mass is 9.92. The topological polar surface area (TPSA) is 70.5 Å². The molecular weight excluding hydrogens is 1090 g/mol. The van der Waals surface area contributed by atoms with E-state index in [-0.39, 0.29) is 17.3 Å². The molecule has 0 saturated heterocycles. The van der Waals surface area contributed by atoms with E-state index in [2.05, 4.69) is 32.7 Å². The molecule has 0 N–H and O–H groups in total. The van der Waals surface area contributed by atoms with Crippen LogP contribution in [0.15, 0.2) is 224 Å². The first kappa shape index (κ1) is 53.4. The minimum atomic E-state index is -5.21. The van der Waals surface area contributed by atoms with E-state index in [0.717, 1.165) is 72.1 Å². The SMILES string of the molecule is [C-]#[N+]c1ccc(-c2ccc3c(c2)c2cc(-c4ccc(C#N)cc4)ccc2n3-c2ccc(-c3ccc(C(F)(F)F)cc3C(F)(F)F)cc2-c2ccc([N+]#[C-])cc2-n2c3ccc(-c4ccc(C#N)cc4)cc3c3cc(-c4ccc([N+]#[C-])cc4)ccc32)cc1. The summed E-state index contributed by atoms with van der Waals surface area (Å²) in [6.45, 7) is 23.5. The zero-order chi connectivity index (χ0) is 59.6. The molecule has 0 unspecified atom stereocenters. The lowest BCUT2D eigenvalue weighted by Crippen LogP contribution is -2.12. The number of benzene rings is 11. The van der Waals surface area contributed by atoms with Crippen LogP contribution in [-0.2, 0) is 12.4 Å². The van der Waals surface area contributed by atoms with Crippen LogP contribution < -0.4 is 0 Å². The lowest BCUT2D eigenvalue weighted by molar-refractivity contribution is -0.142. The smallest absolute Gasteiger partial charge is 0.310 e. The van der Waals surface area contributed by atoms with E-state index in [1.54, 1.807) is 78.9 Å². The first-order valence-corrected chi connectivity index (χ1v) is 26.7. The summed E-state index contributed by atoms with van der Waals surface area (Å²) in [4.78, 5) is 11.0. The number of hydrogen-bond donors (Lipinski definition) is 0. The van der Waals surface area contributed by atoms with Crippen LogP contribution in [0, 0.1) is 42.4 Å². The molecule has 0 aliphatic rings. The Labute approximate surface area is 488 Å². The van der Waals surface area contributed by atoms with Gasteiger partial charge in [-0.2, -0.15) is 36.9 Å². The minimum absolute atomic E-state index is 0.0258. The molecule has 406 valence electrons. The lowest BCUT2D eigenvalue weighted by Gasteiger charge is -2.21. The fraction of sp³-hybridized carbons (Fsp3) is 0.0274. The summed E-state index contributed by atoms with van der Waals surface area (Å²) in [6.07, 6.45) is -10.3. The summed E-state index contributed by atoms with van der Waals surface area (Å²) < 4.78 is 92.6. The molecule has 7 nitrogen and oxygen atoms in total. The summed E-state index contributed by atoms with van der Waals surface area (Å²) in [6, 6.07) is 68.5. The molecule has 0 atom stereocenters. The maximum atomic E-state index is 15.3. The number of halogens is 6. The Morgan fingerprint density at radius 1 is 0.314 bits per heavy atom. The standard InChI is InChI=1S/C73H37F6N7/c1-82-55-22-12-47(13-23-55)51-17-30-68-62(36-51)61-34-49(45-8-4-43(41-80)5-9-45)16-29-67(61)85(68)66-33-20-53(58-27-21-54(72(74,75)76)39-65(58)73(77,78)79)38-60(66)59-28-26-57(84-3)40-71(59)86-69-31-18-50(46-10-6-44(42-81)7-11-46)35-63(69)64-37-52(19-32-70(64)86)48-14-24-56(83-2)25-15-48/h4-40H. The van der Waals surface area contributed by atoms with Crippen LogP contribution in [0.2, 0.25) is 0 Å². The Balaban J connectivity index is 1.12. The van der Waals surface area contributed by atoms with Gasteiger partial charge in [0.05, 0.1) is 81.9 Å². The van der Waals surface area contributed by atoms with E-state index >= 15 is 13.2 Å². The molecule has 11 aromatic carbocycles. The summed E-state index contributed by atoms with van der Waals surface area (Å²) >= 11 is 0. The molecule has 0 aliphatic heterocycles. The first-order chi connectivity index (χ1) is 41.6. The predicted octanol–water partition coefficient (Wildman–Crippen LogP) is 21.3. The number of alkyl halides is 6. The number of fused-ring (bicyclic) bond motifs is 6. The van der Waals surface area contributed by atoms with Crippen LogP contribution in [0.3, 0.4) is 0 Å². The van der Waals surface area contributed by atoms with Gasteiger partial charge in [0.2, 0.25) is 0 Å². The molecule has 13 aromatic rings. The average molecular weight is 1130 g/mol. The summed E-state index contributed by atoms with van der Waals surface area (Å²) in [5.41, 5.74) is 10.0.